The molecule has 5 nitrogen and oxygen atoms in total. The van der Waals surface area contributed by atoms with E-state index in [0.717, 1.165) is 23.4 Å². The van der Waals surface area contributed by atoms with Crippen molar-refractivity contribution in [2.45, 2.75) is 44.6 Å². The Hall–Kier alpha value is -1.79. The minimum Gasteiger partial charge on any atom is -0.380 e. The SMILES string of the molecule is Cc1ccc(Cc2nnc(NC(=O)C3(O)CCCC3)s2)cc1. The molecule has 6 heteroatoms. The van der Waals surface area contributed by atoms with Gasteiger partial charge in [-0.2, -0.15) is 0 Å². The number of carbonyl (C=O) groups is 1. The van der Waals surface area contributed by atoms with Crippen molar-refractivity contribution in [2.24, 2.45) is 0 Å². The predicted octanol–water partition coefficient (Wildman–Crippen LogP) is 2.68. The molecule has 1 aromatic heterocycles. The lowest BCUT2D eigenvalue weighted by atomic mass is 10.0. The van der Waals surface area contributed by atoms with E-state index in [9.17, 15) is 9.90 Å². The average Bonchev–Trinajstić information content (AvgIpc) is 3.12. The molecule has 22 heavy (non-hydrogen) atoms. The zero-order chi connectivity index (χ0) is 15.6. The van der Waals surface area contributed by atoms with Crippen molar-refractivity contribution in [3.63, 3.8) is 0 Å². The maximum Gasteiger partial charge on any atom is 0.258 e. The monoisotopic (exact) mass is 317 g/mol. The number of amides is 1. The molecule has 1 amide bonds. The molecule has 0 saturated heterocycles. The summed E-state index contributed by atoms with van der Waals surface area (Å²) in [6.07, 6.45) is 3.51. The van der Waals surface area contributed by atoms with Crippen LogP contribution in [0, 0.1) is 6.92 Å². The van der Waals surface area contributed by atoms with E-state index in [1.54, 1.807) is 0 Å². The van der Waals surface area contributed by atoms with Crippen molar-refractivity contribution in [3.8, 4) is 0 Å². The van der Waals surface area contributed by atoms with Gasteiger partial charge in [-0.3, -0.25) is 10.1 Å². The second-order valence-electron chi connectivity index (χ2n) is 5.86. The number of carbonyl (C=O) groups excluding carboxylic acids is 1. The number of aromatic nitrogens is 2. The van der Waals surface area contributed by atoms with Gasteiger partial charge in [0, 0.05) is 6.42 Å². The second-order valence-corrected chi connectivity index (χ2v) is 6.92. The minimum absolute atomic E-state index is 0.358. The highest BCUT2D eigenvalue weighted by molar-refractivity contribution is 7.15. The fourth-order valence-corrected chi connectivity index (χ4v) is 3.43. The lowest BCUT2D eigenvalue weighted by Gasteiger charge is -2.19. The molecule has 0 atom stereocenters. The summed E-state index contributed by atoms with van der Waals surface area (Å²) < 4.78 is 0. The number of aliphatic hydroxyl groups is 1. The molecule has 0 unspecified atom stereocenters. The van der Waals surface area contributed by atoms with Crippen LogP contribution in [-0.2, 0) is 11.2 Å². The molecule has 0 radical (unpaired) electrons. The first-order valence-corrected chi connectivity index (χ1v) is 8.29. The van der Waals surface area contributed by atoms with Crippen molar-refractivity contribution < 1.29 is 9.90 Å². The van der Waals surface area contributed by atoms with Gasteiger partial charge in [-0.25, -0.2) is 0 Å². The number of rotatable bonds is 4. The number of hydrogen-bond donors (Lipinski definition) is 2. The lowest BCUT2D eigenvalue weighted by Crippen LogP contribution is -2.40. The Kier molecular flexibility index (Phi) is 4.22. The highest BCUT2D eigenvalue weighted by atomic mass is 32.1. The largest absolute Gasteiger partial charge is 0.380 e. The first kappa shape index (κ1) is 15.1. The van der Waals surface area contributed by atoms with Crippen molar-refractivity contribution >= 4 is 22.4 Å². The third-order valence-corrected chi connectivity index (χ3v) is 4.86. The standard InChI is InChI=1S/C16H19N3O2S/c1-11-4-6-12(7-5-11)10-13-18-19-15(22-13)17-14(20)16(21)8-2-3-9-16/h4-7,21H,2-3,8-10H2,1H3,(H,17,19,20). The Morgan fingerprint density at radius 2 is 1.95 bits per heavy atom. The second kappa shape index (κ2) is 6.14. The van der Waals surface area contributed by atoms with Crippen LogP contribution in [0.1, 0.15) is 41.8 Å². The highest BCUT2D eigenvalue weighted by Crippen LogP contribution is 2.31. The summed E-state index contributed by atoms with van der Waals surface area (Å²) in [5.41, 5.74) is 1.15. The predicted molar refractivity (Wildman–Crippen MR) is 85.9 cm³/mol. The van der Waals surface area contributed by atoms with Gasteiger partial charge in [0.2, 0.25) is 5.13 Å². The first-order chi connectivity index (χ1) is 10.5. The molecule has 1 fully saturated rings. The Morgan fingerprint density at radius 3 is 2.64 bits per heavy atom. The van der Waals surface area contributed by atoms with Crippen LogP contribution in [0.4, 0.5) is 5.13 Å². The molecule has 116 valence electrons. The summed E-state index contributed by atoms with van der Waals surface area (Å²) in [7, 11) is 0. The molecule has 1 aliphatic carbocycles. The van der Waals surface area contributed by atoms with Gasteiger partial charge >= 0.3 is 0 Å². The smallest absolute Gasteiger partial charge is 0.258 e. The summed E-state index contributed by atoms with van der Waals surface area (Å²) in [5, 5.41) is 22.3. The van der Waals surface area contributed by atoms with Gasteiger partial charge in [0.1, 0.15) is 10.6 Å². The fourth-order valence-electron chi connectivity index (χ4n) is 2.66. The van der Waals surface area contributed by atoms with E-state index >= 15 is 0 Å². The zero-order valence-electron chi connectivity index (χ0n) is 12.5. The van der Waals surface area contributed by atoms with E-state index in [2.05, 4.69) is 46.7 Å². The van der Waals surface area contributed by atoms with Crippen LogP contribution in [-0.4, -0.2) is 26.8 Å². The molecule has 0 bridgehead atoms. The molecule has 0 spiro atoms. The van der Waals surface area contributed by atoms with Crippen LogP contribution in [0.5, 0.6) is 0 Å². The molecule has 1 saturated carbocycles. The van der Waals surface area contributed by atoms with Crippen molar-refractivity contribution in [2.75, 3.05) is 5.32 Å². The van der Waals surface area contributed by atoms with Crippen LogP contribution >= 0.6 is 11.3 Å². The number of benzene rings is 1. The third kappa shape index (κ3) is 3.34. The number of nitrogens with one attached hydrogen (secondary N) is 1. The Bertz CT molecular complexity index is 660. The number of anilines is 1. The molecular formula is C16H19N3O2S. The van der Waals surface area contributed by atoms with Crippen LogP contribution in [0.2, 0.25) is 0 Å². The maximum absolute atomic E-state index is 12.1. The Labute approximate surface area is 133 Å². The molecule has 1 heterocycles. The summed E-state index contributed by atoms with van der Waals surface area (Å²) in [6, 6.07) is 8.26. The zero-order valence-corrected chi connectivity index (χ0v) is 13.3. The fraction of sp³-hybridized carbons (Fsp3) is 0.438. The van der Waals surface area contributed by atoms with E-state index in [4.69, 9.17) is 0 Å². The number of nitrogens with zero attached hydrogens (tertiary/aromatic N) is 2. The van der Waals surface area contributed by atoms with Gasteiger partial charge in [0.15, 0.2) is 0 Å². The number of aryl methyl sites for hydroxylation is 1. The Balaban J connectivity index is 1.63. The minimum atomic E-state index is -1.23. The first-order valence-electron chi connectivity index (χ1n) is 7.47. The molecule has 2 N–H and O–H groups in total. The molecule has 1 aromatic carbocycles. The van der Waals surface area contributed by atoms with Crippen LogP contribution in [0.3, 0.4) is 0 Å². The summed E-state index contributed by atoms with van der Waals surface area (Å²) in [6.45, 7) is 2.05. The summed E-state index contributed by atoms with van der Waals surface area (Å²) >= 11 is 1.35. The quantitative estimate of drug-likeness (QED) is 0.909. The third-order valence-electron chi connectivity index (χ3n) is 4.02. The highest BCUT2D eigenvalue weighted by Gasteiger charge is 2.39. The van der Waals surface area contributed by atoms with Crippen molar-refractivity contribution in [3.05, 3.63) is 40.4 Å². The normalized spacial score (nSPS) is 16.6. The molecule has 3 rings (SSSR count). The van der Waals surface area contributed by atoms with E-state index in [1.165, 1.54) is 16.9 Å². The van der Waals surface area contributed by atoms with E-state index < -0.39 is 5.60 Å². The summed E-state index contributed by atoms with van der Waals surface area (Å²) in [5.74, 6) is -0.358. The van der Waals surface area contributed by atoms with E-state index in [0.29, 0.717) is 24.4 Å². The van der Waals surface area contributed by atoms with Gasteiger partial charge in [0.25, 0.3) is 5.91 Å². The summed E-state index contributed by atoms with van der Waals surface area (Å²) in [4.78, 5) is 12.1. The molecular weight excluding hydrogens is 298 g/mol. The van der Waals surface area contributed by atoms with Crippen molar-refractivity contribution in [1.29, 1.82) is 0 Å². The average molecular weight is 317 g/mol. The van der Waals surface area contributed by atoms with Gasteiger partial charge in [0.05, 0.1) is 0 Å². The van der Waals surface area contributed by atoms with Crippen LogP contribution < -0.4 is 5.32 Å². The maximum atomic E-state index is 12.1. The van der Waals surface area contributed by atoms with Gasteiger partial charge in [-0.15, -0.1) is 10.2 Å². The number of hydrogen-bond acceptors (Lipinski definition) is 5. The Morgan fingerprint density at radius 1 is 1.27 bits per heavy atom. The topological polar surface area (TPSA) is 75.1 Å². The van der Waals surface area contributed by atoms with Gasteiger partial charge < -0.3 is 5.11 Å². The van der Waals surface area contributed by atoms with Crippen molar-refractivity contribution in [1.82, 2.24) is 10.2 Å². The van der Waals surface area contributed by atoms with Crippen LogP contribution in [0.25, 0.3) is 0 Å². The van der Waals surface area contributed by atoms with Crippen LogP contribution in [0.15, 0.2) is 24.3 Å². The van der Waals surface area contributed by atoms with E-state index in [-0.39, 0.29) is 5.91 Å². The van der Waals surface area contributed by atoms with Gasteiger partial charge in [-0.1, -0.05) is 41.2 Å². The molecule has 0 aliphatic heterocycles. The lowest BCUT2D eigenvalue weighted by molar-refractivity contribution is -0.133. The molecule has 1 aliphatic rings. The van der Waals surface area contributed by atoms with Gasteiger partial charge in [-0.05, 0) is 38.2 Å². The van der Waals surface area contributed by atoms with E-state index in [1.807, 2.05) is 0 Å². The molecule has 2 aromatic rings.